The molecule has 9 nitrogen and oxygen atoms in total. The molecule has 9 heteroatoms. The number of Topliss-reactive ketones (excluding diaryl/α,β-unsaturated/α-hetero) is 1. The average Bonchev–Trinajstić information content (AvgIpc) is 2.84. The van der Waals surface area contributed by atoms with Crippen molar-refractivity contribution in [1.29, 1.82) is 0 Å². The van der Waals surface area contributed by atoms with Crippen molar-refractivity contribution < 1.29 is 28.7 Å². The van der Waals surface area contributed by atoms with Gasteiger partial charge in [-0.3, -0.25) is 19.5 Å². The van der Waals surface area contributed by atoms with Crippen LogP contribution < -0.4 is 5.48 Å². The van der Waals surface area contributed by atoms with Gasteiger partial charge in [0.15, 0.2) is 5.60 Å². The lowest BCUT2D eigenvalue weighted by molar-refractivity contribution is -0.157. The molecule has 3 aliphatic rings. The van der Waals surface area contributed by atoms with Gasteiger partial charge >= 0.3 is 12.1 Å². The van der Waals surface area contributed by atoms with Gasteiger partial charge in [0.05, 0.1) is 19.7 Å². The number of fused-ring (bicyclic) bond motifs is 1. The summed E-state index contributed by atoms with van der Waals surface area (Å²) in [6.45, 7) is 10.4. The number of amides is 1. The second-order valence-electron chi connectivity index (χ2n) is 9.46. The SMILES string of the molecule is CONC1C[C@@H](C)C2=NCCN3C(=O)O[C@](C)(COC(=O)C(C)C(=O)C[C@H]1C)C3C2C. The molecule has 4 unspecified atom stereocenters. The highest BCUT2D eigenvalue weighted by molar-refractivity contribution is 5.98. The van der Waals surface area contributed by atoms with E-state index >= 15 is 0 Å². The quantitative estimate of drug-likeness (QED) is 0.400. The molecule has 0 radical (unpaired) electrons. The van der Waals surface area contributed by atoms with Gasteiger partial charge in [-0.1, -0.05) is 20.8 Å². The Balaban J connectivity index is 1.99. The fourth-order valence-corrected chi connectivity index (χ4v) is 5.26. The third-order valence-corrected chi connectivity index (χ3v) is 7.02. The fourth-order valence-electron chi connectivity index (χ4n) is 5.26. The molecule has 2 bridgehead atoms. The largest absolute Gasteiger partial charge is 0.461 e. The van der Waals surface area contributed by atoms with Crippen LogP contribution in [0.15, 0.2) is 4.99 Å². The highest BCUT2D eigenvalue weighted by atomic mass is 16.6. The van der Waals surface area contributed by atoms with Gasteiger partial charge in [-0.05, 0) is 32.1 Å². The van der Waals surface area contributed by atoms with E-state index in [0.717, 1.165) is 5.71 Å². The fraction of sp³-hybridized carbons (Fsp3) is 0.818. The van der Waals surface area contributed by atoms with E-state index in [-0.39, 0.29) is 48.6 Å². The standard InChI is InChI=1S/C22H35N3O6/c1-12-10-17(26)14(3)20(27)30-11-22(5)19-15(4)18(13(2)9-16(12)24-29-6)23-7-8-25(19)21(28)31-22/h12-16,19,24H,7-11H2,1-6H3/t12-,13-,14?,15?,16?,19?,22-/m1/s1. The number of esters is 1. The van der Waals surface area contributed by atoms with Crippen LogP contribution in [-0.2, 0) is 23.9 Å². The molecule has 31 heavy (non-hydrogen) atoms. The van der Waals surface area contributed by atoms with Crippen molar-refractivity contribution in [2.45, 2.75) is 65.1 Å². The summed E-state index contributed by atoms with van der Waals surface area (Å²) < 4.78 is 11.3. The van der Waals surface area contributed by atoms with Crippen LogP contribution in [0.1, 0.15) is 47.5 Å². The van der Waals surface area contributed by atoms with E-state index in [4.69, 9.17) is 19.3 Å². The molecular formula is C22H35N3O6. The molecule has 174 valence electrons. The molecule has 3 rings (SSSR count). The maximum absolute atomic E-state index is 12.7. The first-order valence-corrected chi connectivity index (χ1v) is 11.1. The van der Waals surface area contributed by atoms with Gasteiger partial charge in [0.2, 0.25) is 0 Å². The van der Waals surface area contributed by atoms with E-state index in [1.54, 1.807) is 25.9 Å². The number of aliphatic imine (C=N–C) groups is 1. The highest BCUT2D eigenvalue weighted by Gasteiger charge is 2.56. The molecule has 3 aliphatic heterocycles. The molecule has 0 aromatic carbocycles. The number of carbonyl (C=O) groups excluding carboxylic acids is 3. The smallest absolute Gasteiger partial charge is 0.410 e. The van der Waals surface area contributed by atoms with E-state index in [9.17, 15) is 14.4 Å². The van der Waals surface area contributed by atoms with Crippen LogP contribution in [0.5, 0.6) is 0 Å². The summed E-state index contributed by atoms with van der Waals surface area (Å²) in [6, 6.07) is -0.408. The number of hydrogen-bond donors (Lipinski definition) is 1. The minimum atomic E-state index is -1.01. The second-order valence-corrected chi connectivity index (χ2v) is 9.46. The van der Waals surface area contributed by atoms with E-state index in [0.29, 0.717) is 19.5 Å². The molecular weight excluding hydrogens is 402 g/mol. The Kier molecular flexibility index (Phi) is 7.05. The first kappa shape index (κ1) is 23.7. The minimum absolute atomic E-state index is 0.0482. The van der Waals surface area contributed by atoms with E-state index in [1.165, 1.54) is 0 Å². The van der Waals surface area contributed by atoms with Crippen molar-refractivity contribution in [2.24, 2.45) is 28.7 Å². The highest BCUT2D eigenvalue weighted by Crippen LogP contribution is 2.38. The van der Waals surface area contributed by atoms with Gasteiger partial charge in [-0.15, -0.1) is 0 Å². The van der Waals surface area contributed by atoms with Gasteiger partial charge in [-0.2, -0.15) is 5.48 Å². The van der Waals surface area contributed by atoms with Gasteiger partial charge in [0, 0.05) is 30.6 Å². The number of rotatable bonds is 2. The number of hydrogen-bond acceptors (Lipinski definition) is 8. The predicted octanol–water partition coefficient (Wildman–Crippen LogP) is 1.99. The summed E-state index contributed by atoms with van der Waals surface area (Å²) in [5, 5.41) is 0. The maximum Gasteiger partial charge on any atom is 0.410 e. The van der Waals surface area contributed by atoms with Crippen molar-refractivity contribution in [3.63, 3.8) is 0 Å². The lowest BCUT2D eigenvalue weighted by atomic mass is 9.77. The molecule has 3 heterocycles. The van der Waals surface area contributed by atoms with Gasteiger partial charge < -0.3 is 14.3 Å². The second kappa shape index (κ2) is 9.24. The molecule has 0 aromatic rings. The van der Waals surface area contributed by atoms with Gasteiger partial charge in [-0.25, -0.2) is 4.79 Å². The van der Waals surface area contributed by atoms with Crippen molar-refractivity contribution >= 4 is 23.6 Å². The first-order chi connectivity index (χ1) is 14.6. The van der Waals surface area contributed by atoms with Gasteiger partial charge in [0.1, 0.15) is 18.3 Å². The number of hydroxylamine groups is 1. The van der Waals surface area contributed by atoms with Crippen LogP contribution >= 0.6 is 0 Å². The van der Waals surface area contributed by atoms with Crippen LogP contribution in [0.25, 0.3) is 0 Å². The van der Waals surface area contributed by atoms with E-state index in [1.807, 2.05) is 6.92 Å². The Labute approximate surface area is 183 Å². The lowest BCUT2D eigenvalue weighted by Crippen LogP contribution is -2.53. The average molecular weight is 438 g/mol. The van der Waals surface area contributed by atoms with E-state index in [2.05, 4.69) is 19.3 Å². The Morgan fingerprint density at radius 1 is 1.19 bits per heavy atom. The lowest BCUT2D eigenvalue weighted by Gasteiger charge is -2.37. The Hall–Kier alpha value is -2.00. The summed E-state index contributed by atoms with van der Waals surface area (Å²) in [5.41, 5.74) is 3.02. The summed E-state index contributed by atoms with van der Waals surface area (Å²) in [6.07, 6.45) is 0.525. The van der Waals surface area contributed by atoms with E-state index < -0.39 is 23.6 Å². The zero-order valence-corrected chi connectivity index (χ0v) is 19.3. The monoisotopic (exact) mass is 437 g/mol. The topological polar surface area (TPSA) is 107 Å². The third-order valence-electron chi connectivity index (χ3n) is 7.02. The summed E-state index contributed by atoms with van der Waals surface area (Å²) >= 11 is 0. The van der Waals surface area contributed by atoms with Crippen LogP contribution in [0.2, 0.25) is 0 Å². The molecule has 1 amide bonds. The summed E-state index contributed by atoms with van der Waals surface area (Å²) in [7, 11) is 1.56. The zero-order valence-electron chi connectivity index (χ0n) is 19.3. The van der Waals surface area contributed by atoms with Gasteiger partial charge in [0.25, 0.3) is 0 Å². The number of cyclic esters (lactones) is 1. The minimum Gasteiger partial charge on any atom is -0.461 e. The van der Waals surface area contributed by atoms with Crippen molar-refractivity contribution in [2.75, 3.05) is 26.8 Å². The first-order valence-electron chi connectivity index (χ1n) is 11.1. The van der Waals surface area contributed by atoms with Crippen LogP contribution in [0.3, 0.4) is 0 Å². The Morgan fingerprint density at radius 2 is 1.90 bits per heavy atom. The molecule has 7 atom stereocenters. The summed E-state index contributed by atoms with van der Waals surface area (Å²) in [5.74, 6) is -1.68. The molecule has 0 aromatic heterocycles. The van der Waals surface area contributed by atoms with Crippen LogP contribution in [-0.4, -0.2) is 72.9 Å². The van der Waals surface area contributed by atoms with Crippen molar-refractivity contribution in [1.82, 2.24) is 10.4 Å². The van der Waals surface area contributed by atoms with Crippen molar-refractivity contribution in [3.05, 3.63) is 0 Å². The molecule has 1 N–H and O–H groups in total. The molecule has 0 spiro atoms. The van der Waals surface area contributed by atoms with Crippen molar-refractivity contribution in [3.8, 4) is 0 Å². The number of ether oxygens (including phenoxy) is 2. The zero-order chi connectivity index (χ0) is 22.9. The number of nitrogens with zero attached hydrogens (tertiary/aromatic N) is 2. The Morgan fingerprint density at radius 3 is 2.58 bits per heavy atom. The predicted molar refractivity (Wildman–Crippen MR) is 113 cm³/mol. The summed E-state index contributed by atoms with van der Waals surface area (Å²) in [4.78, 5) is 49.8. The van der Waals surface area contributed by atoms with Crippen LogP contribution in [0, 0.1) is 23.7 Å². The molecule has 2 saturated heterocycles. The normalized spacial score (nSPS) is 39.9. The van der Waals surface area contributed by atoms with Crippen LogP contribution in [0.4, 0.5) is 4.79 Å². The number of nitrogens with one attached hydrogen (secondary N) is 1. The molecule has 0 aliphatic carbocycles. The molecule has 0 saturated carbocycles. The number of carbonyl (C=O) groups is 3. The third kappa shape index (κ3) is 4.62. The molecule has 2 fully saturated rings. The maximum atomic E-state index is 12.7. The Bertz CT molecular complexity index is 756. The number of ketones is 1.